The Balaban J connectivity index is 2.07. The van der Waals surface area contributed by atoms with Crippen LogP contribution in [-0.4, -0.2) is 35.0 Å². The van der Waals surface area contributed by atoms with Gasteiger partial charge in [0.05, 0.1) is 0 Å². The van der Waals surface area contributed by atoms with Gasteiger partial charge in [0.1, 0.15) is 0 Å². The zero-order valence-corrected chi connectivity index (χ0v) is 19.5. The Hall–Kier alpha value is 0.860. The number of hydrogen-bond acceptors (Lipinski definition) is 0. The second kappa shape index (κ2) is 9.18. The molecular weight excluding hydrogens is 326 g/mol. The van der Waals surface area contributed by atoms with Gasteiger partial charge in [-0.15, -0.1) is 0 Å². The first-order valence-electron chi connectivity index (χ1n) is 10.8. The van der Waals surface area contributed by atoms with E-state index in [1.165, 1.54) is 25.7 Å². The summed E-state index contributed by atoms with van der Waals surface area (Å²) >= 11 is 0. The van der Waals surface area contributed by atoms with E-state index in [-0.39, 0.29) is 15.8 Å². The van der Waals surface area contributed by atoms with Gasteiger partial charge in [-0.3, -0.25) is 0 Å². The van der Waals surface area contributed by atoms with E-state index in [1.807, 2.05) is 0 Å². The van der Waals surface area contributed by atoms with E-state index in [4.69, 9.17) is 0 Å². The van der Waals surface area contributed by atoms with Crippen LogP contribution < -0.4 is 0 Å². The Kier molecular flexibility index (Phi) is 8.09. The Morgan fingerprint density at radius 2 is 0.708 bits per heavy atom. The van der Waals surface area contributed by atoms with Crippen molar-refractivity contribution in [3.8, 4) is 0 Å². The van der Waals surface area contributed by atoms with Crippen LogP contribution in [0, 0.1) is 23.7 Å². The highest BCUT2D eigenvalue weighted by Crippen LogP contribution is 2.65. The Morgan fingerprint density at radius 1 is 0.500 bits per heavy atom. The van der Waals surface area contributed by atoms with E-state index in [1.54, 1.807) is 12.3 Å². The average molecular weight is 371 g/mol. The van der Waals surface area contributed by atoms with Crippen LogP contribution in [0.4, 0.5) is 0 Å². The molecule has 2 saturated heterocycles. The Morgan fingerprint density at radius 3 is 0.875 bits per heavy atom. The van der Waals surface area contributed by atoms with Crippen molar-refractivity contribution in [2.24, 2.45) is 23.7 Å². The van der Waals surface area contributed by atoms with Gasteiger partial charge in [-0.05, 0) is 84.3 Å². The minimum atomic E-state index is 0.273. The molecule has 0 nitrogen and oxygen atoms in total. The summed E-state index contributed by atoms with van der Waals surface area (Å²) in [7, 11) is 0.545. The van der Waals surface area contributed by atoms with Crippen molar-refractivity contribution in [2.45, 2.75) is 104 Å². The predicted octanol–water partition coefficient (Wildman–Crippen LogP) is 7.64. The molecule has 4 unspecified atom stereocenters. The maximum atomic E-state index is 2.50. The highest BCUT2D eigenvalue weighted by atomic mass is 31.1. The summed E-state index contributed by atoms with van der Waals surface area (Å²) in [6.07, 6.45) is 9.35. The number of rotatable bonds is 7. The summed E-state index contributed by atoms with van der Waals surface area (Å²) in [5.74, 6) is 3.66. The van der Waals surface area contributed by atoms with Crippen molar-refractivity contribution in [1.29, 1.82) is 0 Å². The lowest BCUT2D eigenvalue weighted by Gasteiger charge is -2.35. The molecule has 0 aromatic rings. The zero-order chi connectivity index (χ0) is 18.0. The first-order valence-corrected chi connectivity index (χ1v) is 14.1. The zero-order valence-electron chi connectivity index (χ0n) is 17.8. The summed E-state index contributed by atoms with van der Waals surface area (Å²) in [6, 6.07) is 0. The smallest absolute Gasteiger partial charge is 0.0183 e. The van der Waals surface area contributed by atoms with Gasteiger partial charge in [-0.2, -0.15) is 0 Å². The summed E-state index contributed by atoms with van der Waals surface area (Å²) in [6.45, 7) is 20.0. The molecule has 0 saturated carbocycles. The van der Waals surface area contributed by atoms with Gasteiger partial charge in [0.25, 0.3) is 0 Å². The van der Waals surface area contributed by atoms with Gasteiger partial charge in [0, 0.05) is 0 Å². The van der Waals surface area contributed by atoms with Gasteiger partial charge in [0.15, 0.2) is 0 Å². The van der Waals surface area contributed by atoms with Crippen LogP contribution in [0.2, 0.25) is 0 Å². The van der Waals surface area contributed by atoms with Crippen LogP contribution in [0.1, 0.15) is 81.1 Å². The summed E-state index contributed by atoms with van der Waals surface area (Å²) in [4.78, 5) is 0. The van der Waals surface area contributed by atoms with E-state index in [9.17, 15) is 0 Å². The molecule has 2 rings (SSSR count). The molecule has 2 heteroatoms. The third-order valence-corrected chi connectivity index (χ3v) is 15.6. The van der Waals surface area contributed by atoms with Crippen LogP contribution >= 0.6 is 15.8 Å². The minimum Gasteiger partial charge on any atom is -0.0995 e. The molecule has 2 aliphatic rings. The lowest BCUT2D eigenvalue weighted by atomic mass is 10.0. The summed E-state index contributed by atoms with van der Waals surface area (Å²) < 4.78 is 0. The third-order valence-electron chi connectivity index (χ3n) is 6.91. The molecule has 2 heterocycles. The molecule has 142 valence electrons. The fraction of sp³-hybridized carbons (Fsp3) is 1.00. The molecule has 0 radical (unpaired) electrons. The molecule has 0 aliphatic carbocycles. The lowest BCUT2D eigenvalue weighted by molar-refractivity contribution is 0.543. The average Bonchev–Trinajstić information content (AvgIpc) is 3.08. The van der Waals surface area contributed by atoms with E-state index >= 15 is 0 Å². The van der Waals surface area contributed by atoms with Gasteiger partial charge >= 0.3 is 0 Å². The Labute approximate surface area is 155 Å². The molecule has 6 atom stereocenters. The summed E-state index contributed by atoms with van der Waals surface area (Å²) in [5, 5.41) is 0. The quantitative estimate of drug-likeness (QED) is 0.404. The fourth-order valence-electron chi connectivity index (χ4n) is 5.60. The molecule has 0 bridgehead atoms. The topological polar surface area (TPSA) is 0 Å². The SMILES string of the molecule is CC(C)C1CC[C@@H](C(C)C)P1CCP1C(C(C)C)CC[C@H]1C(C)C. The van der Waals surface area contributed by atoms with Crippen LogP contribution in [0.5, 0.6) is 0 Å². The van der Waals surface area contributed by atoms with Crippen molar-refractivity contribution < 1.29 is 0 Å². The normalized spacial score (nSPS) is 37.5. The van der Waals surface area contributed by atoms with Gasteiger partial charge < -0.3 is 0 Å². The first kappa shape index (κ1) is 21.2. The molecule has 0 aromatic heterocycles. The maximum Gasteiger partial charge on any atom is -0.0183 e. The van der Waals surface area contributed by atoms with Crippen molar-refractivity contribution in [2.75, 3.05) is 12.3 Å². The molecule has 0 aromatic carbocycles. The van der Waals surface area contributed by atoms with Crippen LogP contribution in [0.25, 0.3) is 0 Å². The molecule has 2 fully saturated rings. The summed E-state index contributed by atoms with van der Waals surface area (Å²) in [5.41, 5.74) is 4.28. The second-order valence-corrected chi connectivity index (χ2v) is 15.5. The molecule has 0 spiro atoms. The monoisotopic (exact) mass is 370 g/mol. The maximum absolute atomic E-state index is 2.50. The highest BCUT2D eigenvalue weighted by molar-refractivity contribution is 7.63. The number of hydrogen-bond donors (Lipinski definition) is 0. The van der Waals surface area contributed by atoms with Gasteiger partial charge in [-0.25, -0.2) is 0 Å². The predicted molar refractivity (Wildman–Crippen MR) is 117 cm³/mol. The third kappa shape index (κ3) is 4.77. The van der Waals surface area contributed by atoms with Crippen LogP contribution in [-0.2, 0) is 0 Å². The molecular formula is C22H44P2. The van der Waals surface area contributed by atoms with Gasteiger partial charge in [-0.1, -0.05) is 71.2 Å². The highest BCUT2D eigenvalue weighted by Gasteiger charge is 2.42. The molecule has 0 amide bonds. The molecule has 24 heavy (non-hydrogen) atoms. The molecule has 0 N–H and O–H groups in total. The van der Waals surface area contributed by atoms with Crippen molar-refractivity contribution in [1.82, 2.24) is 0 Å². The van der Waals surface area contributed by atoms with E-state index in [0.29, 0.717) is 0 Å². The van der Waals surface area contributed by atoms with Crippen molar-refractivity contribution in [3.63, 3.8) is 0 Å². The van der Waals surface area contributed by atoms with Crippen molar-refractivity contribution >= 4 is 15.8 Å². The van der Waals surface area contributed by atoms with Crippen molar-refractivity contribution in [3.05, 3.63) is 0 Å². The first-order chi connectivity index (χ1) is 11.2. The van der Waals surface area contributed by atoms with E-state index in [0.717, 1.165) is 46.3 Å². The Bertz CT molecular complexity index is 306. The minimum absolute atomic E-state index is 0.273. The molecule has 2 aliphatic heterocycles. The largest absolute Gasteiger partial charge is 0.0995 e. The van der Waals surface area contributed by atoms with E-state index < -0.39 is 0 Å². The van der Waals surface area contributed by atoms with E-state index in [2.05, 4.69) is 55.4 Å². The fourth-order valence-corrected chi connectivity index (χ4v) is 14.7. The van der Waals surface area contributed by atoms with Gasteiger partial charge in [0.2, 0.25) is 0 Å². The van der Waals surface area contributed by atoms with Crippen LogP contribution in [0.3, 0.4) is 0 Å². The standard InChI is InChI=1S/C22H44P2/c1-15(2)19-9-10-20(16(3)4)23(19)13-14-24-21(17(5)6)11-12-22(24)18(7)8/h15-22H,9-14H2,1-8H3/t19-,20?,21-,22?,23?,24?/m0/s1. The lowest BCUT2D eigenvalue weighted by Crippen LogP contribution is -2.21. The van der Waals surface area contributed by atoms with Crippen LogP contribution in [0.15, 0.2) is 0 Å². The second-order valence-electron chi connectivity index (χ2n) is 9.88.